The maximum atomic E-state index is 11.5. The van der Waals surface area contributed by atoms with Gasteiger partial charge >= 0.3 is 0 Å². The van der Waals surface area contributed by atoms with Gasteiger partial charge in [0.15, 0.2) is 0 Å². The molecule has 0 bridgehead atoms. The van der Waals surface area contributed by atoms with Crippen LogP contribution in [0.3, 0.4) is 0 Å². The second-order valence-corrected chi connectivity index (χ2v) is 7.45. The summed E-state index contributed by atoms with van der Waals surface area (Å²) in [7, 11) is 0. The molecule has 0 spiro atoms. The van der Waals surface area contributed by atoms with Crippen LogP contribution in [0.2, 0.25) is 0 Å². The van der Waals surface area contributed by atoms with Crippen molar-refractivity contribution < 1.29 is 4.79 Å². The van der Waals surface area contributed by atoms with Gasteiger partial charge in [-0.05, 0) is 43.2 Å². The molecule has 8 nitrogen and oxygen atoms in total. The first-order chi connectivity index (χ1) is 14.5. The quantitative estimate of drug-likeness (QED) is 0.575. The number of carbonyl (C=O) groups excluding carboxylic acids is 1. The summed E-state index contributed by atoms with van der Waals surface area (Å²) in [6.07, 6.45) is 1.91. The number of nitrogens with two attached hydrogens (primary N) is 1. The van der Waals surface area contributed by atoms with Crippen LogP contribution in [-0.2, 0) is 4.79 Å². The summed E-state index contributed by atoms with van der Waals surface area (Å²) in [5, 5.41) is 16.4. The molecule has 0 unspecified atom stereocenters. The number of nitrogens with one attached hydrogen (secondary N) is 2. The molecule has 1 fully saturated rings. The second kappa shape index (κ2) is 8.25. The van der Waals surface area contributed by atoms with Crippen LogP contribution in [0.1, 0.15) is 25.3 Å². The molecular formula is C22H23N7O. The number of hydrogen-bond acceptors (Lipinski definition) is 7. The predicted molar refractivity (Wildman–Crippen MR) is 117 cm³/mol. The molecule has 0 radical (unpaired) electrons. The van der Waals surface area contributed by atoms with Gasteiger partial charge in [0.25, 0.3) is 0 Å². The average Bonchev–Trinajstić information content (AvgIpc) is 2.72. The van der Waals surface area contributed by atoms with Gasteiger partial charge < -0.3 is 21.3 Å². The van der Waals surface area contributed by atoms with E-state index in [-0.39, 0.29) is 11.9 Å². The standard InChI is InChI=1S/C22H23N7O/c1-14(30)25-17-5-4-8-29(13-17)21-19-6-2-3-7-20(19)27-22(28-21)26-18-10-15(12-23)9-16(24)11-18/h2-3,6-7,9-11,17H,4-5,8,13,24H2,1H3,(H,25,30)(H,26,27,28)/t17-/m1/s1. The van der Waals surface area contributed by atoms with Crippen molar-refractivity contribution in [1.82, 2.24) is 15.3 Å². The highest BCUT2D eigenvalue weighted by molar-refractivity contribution is 5.91. The van der Waals surface area contributed by atoms with Gasteiger partial charge in [0.1, 0.15) is 5.82 Å². The first kappa shape index (κ1) is 19.5. The van der Waals surface area contributed by atoms with Crippen molar-refractivity contribution in [3.05, 3.63) is 48.0 Å². The number of nitrogens with zero attached hydrogens (tertiary/aromatic N) is 4. The summed E-state index contributed by atoms with van der Waals surface area (Å²) in [5.41, 5.74) is 8.34. The van der Waals surface area contributed by atoms with Crippen LogP contribution in [0.25, 0.3) is 10.9 Å². The molecule has 1 saturated heterocycles. The lowest BCUT2D eigenvalue weighted by Crippen LogP contribution is -2.47. The van der Waals surface area contributed by atoms with Gasteiger partial charge in [-0.25, -0.2) is 4.98 Å². The highest BCUT2D eigenvalue weighted by Gasteiger charge is 2.23. The number of nitriles is 1. The Morgan fingerprint density at radius 1 is 1.27 bits per heavy atom. The zero-order valence-electron chi connectivity index (χ0n) is 16.7. The Bertz CT molecular complexity index is 1140. The minimum atomic E-state index is -0.0216. The molecule has 0 aliphatic carbocycles. The van der Waals surface area contributed by atoms with Gasteiger partial charge in [-0.3, -0.25) is 4.79 Å². The van der Waals surface area contributed by atoms with Gasteiger partial charge in [0, 0.05) is 42.8 Å². The molecule has 8 heteroatoms. The molecule has 2 heterocycles. The van der Waals surface area contributed by atoms with E-state index in [0.29, 0.717) is 29.4 Å². The number of rotatable bonds is 4. The maximum Gasteiger partial charge on any atom is 0.229 e. The number of piperidine rings is 1. The van der Waals surface area contributed by atoms with Crippen molar-refractivity contribution in [1.29, 1.82) is 5.26 Å². The minimum Gasteiger partial charge on any atom is -0.399 e. The lowest BCUT2D eigenvalue weighted by Gasteiger charge is -2.34. The van der Waals surface area contributed by atoms with Gasteiger partial charge in [0.05, 0.1) is 17.1 Å². The summed E-state index contributed by atoms with van der Waals surface area (Å²) < 4.78 is 0. The predicted octanol–water partition coefficient (Wildman–Crippen LogP) is 2.93. The summed E-state index contributed by atoms with van der Waals surface area (Å²) in [6, 6.07) is 15.1. The van der Waals surface area contributed by atoms with Crippen LogP contribution < -0.4 is 21.3 Å². The van der Waals surface area contributed by atoms with E-state index in [1.54, 1.807) is 25.1 Å². The monoisotopic (exact) mass is 401 g/mol. The number of fused-ring (bicyclic) bond motifs is 1. The van der Waals surface area contributed by atoms with Crippen LogP contribution in [0.15, 0.2) is 42.5 Å². The third kappa shape index (κ3) is 4.25. The molecule has 2 aromatic carbocycles. The molecule has 3 aromatic rings. The molecule has 0 saturated carbocycles. The van der Waals surface area contributed by atoms with Crippen LogP contribution in [0, 0.1) is 11.3 Å². The number of para-hydroxylation sites is 1. The third-order valence-corrected chi connectivity index (χ3v) is 5.05. The van der Waals surface area contributed by atoms with E-state index in [2.05, 4.69) is 26.6 Å². The molecule has 4 rings (SSSR count). The Balaban J connectivity index is 1.70. The summed E-state index contributed by atoms with van der Waals surface area (Å²) >= 11 is 0. The van der Waals surface area contributed by atoms with E-state index in [0.717, 1.165) is 36.1 Å². The third-order valence-electron chi connectivity index (χ3n) is 5.05. The molecule has 4 N–H and O–H groups in total. The zero-order valence-corrected chi connectivity index (χ0v) is 16.7. The van der Waals surface area contributed by atoms with E-state index in [1.807, 2.05) is 24.3 Å². The lowest BCUT2D eigenvalue weighted by molar-refractivity contribution is -0.119. The largest absolute Gasteiger partial charge is 0.399 e. The molecule has 30 heavy (non-hydrogen) atoms. The zero-order chi connectivity index (χ0) is 21.1. The first-order valence-corrected chi connectivity index (χ1v) is 9.88. The Morgan fingerprint density at radius 3 is 2.90 bits per heavy atom. The van der Waals surface area contributed by atoms with Crippen molar-refractivity contribution in [3.8, 4) is 6.07 Å². The van der Waals surface area contributed by atoms with E-state index in [4.69, 9.17) is 10.7 Å². The fourth-order valence-electron chi connectivity index (χ4n) is 3.85. The smallest absolute Gasteiger partial charge is 0.229 e. The highest BCUT2D eigenvalue weighted by atomic mass is 16.1. The Hall–Kier alpha value is -3.86. The first-order valence-electron chi connectivity index (χ1n) is 9.88. The summed E-state index contributed by atoms with van der Waals surface area (Å²) in [5.74, 6) is 1.23. The topological polar surface area (TPSA) is 120 Å². The summed E-state index contributed by atoms with van der Waals surface area (Å²) in [6.45, 7) is 3.09. The number of nitrogen functional groups attached to an aromatic ring is 1. The average molecular weight is 401 g/mol. The van der Waals surface area contributed by atoms with Crippen LogP contribution >= 0.6 is 0 Å². The van der Waals surface area contributed by atoms with Crippen LogP contribution in [0.5, 0.6) is 0 Å². The van der Waals surface area contributed by atoms with Crippen molar-refractivity contribution in [2.75, 3.05) is 29.0 Å². The van der Waals surface area contributed by atoms with Gasteiger partial charge in [0.2, 0.25) is 11.9 Å². The molecular weight excluding hydrogens is 378 g/mol. The van der Waals surface area contributed by atoms with Crippen molar-refractivity contribution in [2.45, 2.75) is 25.8 Å². The normalized spacial score (nSPS) is 16.1. The van der Waals surface area contributed by atoms with Crippen molar-refractivity contribution in [2.24, 2.45) is 0 Å². The van der Waals surface area contributed by atoms with Gasteiger partial charge in [-0.2, -0.15) is 10.2 Å². The fraction of sp³-hybridized carbons (Fsp3) is 0.273. The van der Waals surface area contributed by atoms with Crippen LogP contribution in [-0.4, -0.2) is 35.0 Å². The Kier molecular flexibility index (Phi) is 5.35. The van der Waals surface area contributed by atoms with E-state index >= 15 is 0 Å². The van der Waals surface area contributed by atoms with Crippen LogP contribution in [0.4, 0.5) is 23.1 Å². The lowest BCUT2D eigenvalue weighted by atomic mass is 10.0. The second-order valence-electron chi connectivity index (χ2n) is 7.45. The highest BCUT2D eigenvalue weighted by Crippen LogP contribution is 2.29. The fourth-order valence-corrected chi connectivity index (χ4v) is 3.85. The van der Waals surface area contributed by atoms with E-state index in [9.17, 15) is 10.1 Å². The molecule has 1 aliphatic heterocycles. The molecule has 152 valence electrons. The number of aromatic nitrogens is 2. The van der Waals surface area contributed by atoms with Crippen molar-refractivity contribution in [3.63, 3.8) is 0 Å². The summed E-state index contributed by atoms with van der Waals surface area (Å²) in [4.78, 5) is 23.1. The molecule has 1 atom stereocenters. The SMILES string of the molecule is CC(=O)N[C@@H]1CCCN(c2nc(Nc3cc(N)cc(C#N)c3)nc3ccccc23)C1. The Labute approximate surface area is 174 Å². The molecule has 1 amide bonds. The van der Waals surface area contributed by atoms with Gasteiger partial charge in [-0.1, -0.05) is 12.1 Å². The van der Waals surface area contributed by atoms with Gasteiger partial charge in [-0.15, -0.1) is 0 Å². The maximum absolute atomic E-state index is 11.5. The Morgan fingerprint density at radius 2 is 2.10 bits per heavy atom. The van der Waals surface area contributed by atoms with Crippen molar-refractivity contribution >= 4 is 40.0 Å². The van der Waals surface area contributed by atoms with E-state index < -0.39 is 0 Å². The molecule has 1 aromatic heterocycles. The number of hydrogen-bond donors (Lipinski definition) is 3. The number of amides is 1. The number of benzene rings is 2. The number of carbonyl (C=O) groups is 1. The van der Waals surface area contributed by atoms with E-state index in [1.165, 1.54) is 0 Å². The minimum absolute atomic E-state index is 0.0216. The number of anilines is 4. The molecule has 1 aliphatic rings.